The van der Waals surface area contributed by atoms with Crippen molar-refractivity contribution in [2.24, 2.45) is 0 Å². The van der Waals surface area contributed by atoms with Gasteiger partial charge in [0.1, 0.15) is 5.76 Å². The second-order valence-electron chi connectivity index (χ2n) is 4.79. The van der Waals surface area contributed by atoms with Gasteiger partial charge in [0.25, 0.3) is 5.91 Å². The number of benzene rings is 1. The van der Waals surface area contributed by atoms with E-state index >= 15 is 0 Å². The van der Waals surface area contributed by atoms with Gasteiger partial charge in [0.2, 0.25) is 0 Å². The third-order valence-corrected chi connectivity index (χ3v) is 3.38. The highest BCUT2D eigenvalue weighted by molar-refractivity contribution is 5.94. The van der Waals surface area contributed by atoms with E-state index in [2.05, 4.69) is 5.32 Å². The summed E-state index contributed by atoms with van der Waals surface area (Å²) in [6, 6.07) is 9.54. The molecule has 0 unspecified atom stereocenters. The highest BCUT2D eigenvalue weighted by Crippen LogP contribution is 2.23. The zero-order chi connectivity index (χ0) is 13.2. The van der Waals surface area contributed by atoms with Crippen LogP contribution in [0.3, 0.4) is 0 Å². The molecule has 1 aliphatic heterocycles. The van der Waals surface area contributed by atoms with Gasteiger partial charge in [-0.3, -0.25) is 4.79 Å². The molecule has 0 spiro atoms. The average molecular weight is 293 g/mol. The molecule has 0 radical (unpaired) electrons. The number of furan rings is 1. The minimum atomic E-state index is 0. The number of hydrogen-bond acceptors (Lipinski definition) is 3. The minimum absolute atomic E-state index is 0. The van der Waals surface area contributed by atoms with Crippen molar-refractivity contribution in [3.8, 4) is 0 Å². The quantitative estimate of drug-likeness (QED) is 0.946. The Kier molecular flexibility index (Phi) is 4.35. The van der Waals surface area contributed by atoms with Crippen LogP contribution in [-0.4, -0.2) is 24.4 Å². The van der Waals surface area contributed by atoms with Crippen LogP contribution in [0.25, 0.3) is 0 Å². The molecule has 3 rings (SSSR count). The number of hydrogen-bond donors (Lipinski definition) is 1. The van der Waals surface area contributed by atoms with Crippen LogP contribution < -0.4 is 5.32 Å². The summed E-state index contributed by atoms with van der Waals surface area (Å²) in [6.45, 7) is 1.44. The highest BCUT2D eigenvalue weighted by atomic mass is 35.5. The summed E-state index contributed by atoms with van der Waals surface area (Å²) in [4.78, 5) is 14.0. The van der Waals surface area contributed by atoms with Crippen molar-refractivity contribution < 1.29 is 9.21 Å². The average Bonchev–Trinajstić information content (AvgIpc) is 3.07. The maximum absolute atomic E-state index is 12.3. The van der Waals surface area contributed by atoms with E-state index in [-0.39, 0.29) is 18.3 Å². The van der Waals surface area contributed by atoms with Crippen LogP contribution in [0.2, 0.25) is 0 Å². The normalized spacial score (nSPS) is 12.2. The molecular weight excluding hydrogens is 276 g/mol. The lowest BCUT2D eigenvalue weighted by atomic mass is 10.1. The Morgan fingerprint density at radius 2 is 2.25 bits per heavy atom. The lowest BCUT2D eigenvalue weighted by Crippen LogP contribution is -2.26. The fourth-order valence-electron chi connectivity index (χ4n) is 2.37. The summed E-state index contributed by atoms with van der Waals surface area (Å²) in [5.41, 5.74) is 3.10. The Morgan fingerprint density at radius 1 is 1.40 bits per heavy atom. The van der Waals surface area contributed by atoms with Crippen molar-refractivity contribution >= 4 is 24.0 Å². The number of carbonyl (C=O) groups excluding carboxylic acids is 1. The number of halogens is 1. The number of fused-ring (bicyclic) bond motifs is 1. The topological polar surface area (TPSA) is 45.5 Å². The first kappa shape index (κ1) is 14.5. The Morgan fingerprint density at radius 3 is 3.00 bits per heavy atom. The van der Waals surface area contributed by atoms with Crippen LogP contribution in [0.5, 0.6) is 0 Å². The summed E-state index contributed by atoms with van der Waals surface area (Å²) < 4.78 is 5.26. The number of anilines is 1. The molecule has 20 heavy (non-hydrogen) atoms. The van der Waals surface area contributed by atoms with Gasteiger partial charge in [-0.05, 0) is 42.3 Å². The molecule has 2 aromatic rings. The van der Waals surface area contributed by atoms with Gasteiger partial charge < -0.3 is 14.6 Å². The van der Waals surface area contributed by atoms with Crippen LogP contribution in [-0.2, 0) is 13.0 Å². The van der Waals surface area contributed by atoms with Crippen LogP contribution in [0, 0.1) is 0 Å². The summed E-state index contributed by atoms with van der Waals surface area (Å²) in [5.74, 6) is 0.810. The van der Waals surface area contributed by atoms with Crippen molar-refractivity contribution in [2.45, 2.75) is 13.0 Å². The van der Waals surface area contributed by atoms with E-state index in [9.17, 15) is 4.79 Å². The second kappa shape index (κ2) is 6.01. The molecule has 4 nitrogen and oxygen atoms in total. The first-order valence-corrected chi connectivity index (χ1v) is 6.39. The SMILES string of the molecule is CN(Cc1ccco1)C(=O)c1ccc2c(c1)CCN2.Cl. The van der Waals surface area contributed by atoms with Crippen LogP contribution in [0.1, 0.15) is 21.7 Å². The first-order valence-electron chi connectivity index (χ1n) is 6.39. The summed E-state index contributed by atoms with van der Waals surface area (Å²) in [5, 5.41) is 3.29. The molecule has 0 aliphatic carbocycles. The number of amides is 1. The fourth-order valence-corrected chi connectivity index (χ4v) is 2.37. The highest BCUT2D eigenvalue weighted by Gasteiger charge is 2.16. The Hall–Kier alpha value is -1.94. The molecule has 0 fully saturated rings. The number of rotatable bonds is 3. The van der Waals surface area contributed by atoms with Gasteiger partial charge in [0.15, 0.2) is 0 Å². The van der Waals surface area contributed by atoms with Crippen LogP contribution in [0.4, 0.5) is 5.69 Å². The second-order valence-corrected chi connectivity index (χ2v) is 4.79. The van der Waals surface area contributed by atoms with Gasteiger partial charge in [-0.2, -0.15) is 0 Å². The third-order valence-electron chi connectivity index (χ3n) is 3.38. The zero-order valence-electron chi connectivity index (χ0n) is 11.3. The van der Waals surface area contributed by atoms with Gasteiger partial charge in [-0.15, -0.1) is 12.4 Å². The van der Waals surface area contributed by atoms with Crippen LogP contribution in [0.15, 0.2) is 41.0 Å². The lowest BCUT2D eigenvalue weighted by molar-refractivity contribution is 0.0775. The lowest BCUT2D eigenvalue weighted by Gasteiger charge is -2.16. The first-order chi connectivity index (χ1) is 9.24. The van der Waals surface area contributed by atoms with E-state index in [1.807, 2.05) is 30.3 Å². The standard InChI is InChI=1S/C15H16N2O2.ClH/c1-17(10-13-3-2-8-19-13)15(18)12-4-5-14-11(9-12)6-7-16-14;/h2-5,8-9,16H,6-7,10H2,1H3;1H. The molecule has 0 saturated carbocycles. The minimum Gasteiger partial charge on any atom is -0.467 e. The van der Waals surface area contributed by atoms with Gasteiger partial charge in [0, 0.05) is 24.8 Å². The predicted molar refractivity (Wildman–Crippen MR) is 80.4 cm³/mol. The number of nitrogens with zero attached hydrogens (tertiary/aromatic N) is 1. The monoisotopic (exact) mass is 292 g/mol. The molecule has 106 valence electrons. The molecule has 1 aliphatic rings. The smallest absolute Gasteiger partial charge is 0.254 e. The molecule has 1 aromatic carbocycles. The van der Waals surface area contributed by atoms with Gasteiger partial charge in [-0.25, -0.2) is 0 Å². The Bertz CT molecular complexity index is 596. The number of carbonyl (C=O) groups is 1. The largest absolute Gasteiger partial charge is 0.467 e. The van der Waals surface area contributed by atoms with E-state index in [1.54, 1.807) is 18.2 Å². The number of nitrogens with one attached hydrogen (secondary N) is 1. The van der Waals surface area contributed by atoms with Crippen molar-refractivity contribution in [3.63, 3.8) is 0 Å². The van der Waals surface area contributed by atoms with E-state index < -0.39 is 0 Å². The molecule has 1 amide bonds. The fraction of sp³-hybridized carbons (Fsp3) is 0.267. The Balaban J connectivity index is 0.00000147. The summed E-state index contributed by atoms with van der Waals surface area (Å²) >= 11 is 0. The van der Waals surface area contributed by atoms with Gasteiger partial charge in [0.05, 0.1) is 12.8 Å². The van der Waals surface area contributed by atoms with E-state index in [4.69, 9.17) is 4.42 Å². The predicted octanol–water partition coefficient (Wildman–Crippen LogP) is 2.94. The molecular formula is C15H17ClN2O2. The van der Waals surface area contributed by atoms with E-state index in [1.165, 1.54) is 5.56 Å². The van der Waals surface area contributed by atoms with E-state index in [0.717, 1.165) is 30.0 Å². The molecule has 0 saturated heterocycles. The van der Waals surface area contributed by atoms with Crippen molar-refractivity contribution in [1.82, 2.24) is 4.90 Å². The maximum Gasteiger partial charge on any atom is 0.254 e. The van der Waals surface area contributed by atoms with Crippen molar-refractivity contribution in [3.05, 3.63) is 53.5 Å². The summed E-state index contributed by atoms with van der Waals surface area (Å²) in [7, 11) is 1.79. The van der Waals surface area contributed by atoms with Crippen molar-refractivity contribution in [2.75, 3.05) is 18.9 Å². The zero-order valence-corrected chi connectivity index (χ0v) is 12.1. The van der Waals surface area contributed by atoms with Gasteiger partial charge >= 0.3 is 0 Å². The molecule has 5 heteroatoms. The maximum atomic E-state index is 12.3. The molecule has 1 N–H and O–H groups in total. The molecule has 0 atom stereocenters. The Labute approximate surface area is 124 Å². The molecule has 2 heterocycles. The van der Waals surface area contributed by atoms with E-state index in [0.29, 0.717) is 6.54 Å². The molecule has 0 bridgehead atoms. The van der Waals surface area contributed by atoms with Crippen LogP contribution >= 0.6 is 12.4 Å². The third kappa shape index (κ3) is 2.80. The van der Waals surface area contributed by atoms with Crippen molar-refractivity contribution in [1.29, 1.82) is 0 Å². The molecule has 1 aromatic heterocycles. The van der Waals surface area contributed by atoms with Gasteiger partial charge in [-0.1, -0.05) is 0 Å². The summed E-state index contributed by atoms with van der Waals surface area (Å²) in [6.07, 6.45) is 2.60.